The van der Waals surface area contributed by atoms with Gasteiger partial charge in [-0.15, -0.1) is 0 Å². The van der Waals surface area contributed by atoms with E-state index in [2.05, 4.69) is 185 Å². The van der Waals surface area contributed by atoms with Crippen LogP contribution >= 0.6 is 0 Å². The number of fused-ring (bicyclic) bond motifs is 11. The first-order valence-electron chi connectivity index (χ1n) is 18.2. The number of benzene rings is 9. The molecule has 0 saturated heterocycles. The third-order valence-corrected chi connectivity index (χ3v) is 11.3. The lowest BCUT2D eigenvalue weighted by molar-refractivity contribution is 0.669. The second kappa shape index (κ2) is 10.7. The van der Waals surface area contributed by atoms with Gasteiger partial charge in [-0.3, -0.25) is 0 Å². The molecule has 9 aromatic carbocycles. The van der Waals surface area contributed by atoms with E-state index in [4.69, 9.17) is 4.42 Å². The Labute approximate surface area is 305 Å². The summed E-state index contributed by atoms with van der Waals surface area (Å²) < 4.78 is 9.10. The van der Waals surface area contributed by atoms with Crippen LogP contribution in [0.5, 0.6) is 0 Å². The number of rotatable bonds is 4. The Balaban J connectivity index is 1.15. The van der Waals surface area contributed by atoms with Crippen molar-refractivity contribution >= 4 is 82.4 Å². The SMILES string of the molecule is c1ccc(-n2c3ccccc3c3cc(N(c4ccc5c(c4)-c4c6ccccc6cc6cccc-5c46)c4cccc5c4oc4ccccc45)ccc32)cc1. The van der Waals surface area contributed by atoms with Gasteiger partial charge in [-0.05, 0) is 111 Å². The van der Waals surface area contributed by atoms with E-state index in [1.54, 1.807) is 0 Å². The lowest BCUT2D eigenvalue weighted by Gasteiger charge is -2.26. The van der Waals surface area contributed by atoms with E-state index in [0.717, 1.165) is 44.7 Å². The van der Waals surface area contributed by atoms with Crippen LogP contribution in [0.2, 0.25) is 0 Å². The van der Waals surface area contributed by atoms with Gasteiger partial charge >= 0.3 is 0 Å². The van der Waals surface area contributed by atoms with Crippen molar-refractivity contribution in [3.05, 3.63) is 182 Å². The first-order chi connectivity index (χ1) is 26.3. The monoisotopic (exact) mass is 674 g/mol. The minimum Gasteiger partial charge on any atom is -0.454 e. The first-order valence-corrected chi connectivity index (χ1v) is 18.2. The predicted molar refractivity (Wildman–Crippen MR) is 222 cm³/mol. The predicted octanol–water partition coefficient (Wildman–Crippen LogP) is 14.1. The van der Waals surface area contributed by atoms with Gasteiger partial charge in [0.15, 0.2) is 5.58 Å². The van der Waals surface area contributed by atoms with Crippen molar-refractivity contribution in [2.24, 2.45) is 0 Å². The molecule has 0 fully saturated rings. The Kier molecular flexibility index (Phi) is 5.77. The number of furan rings is 1. The highest BCUT2D eigenvalue weighted by Gasteiger charge is 2.27. The maximum Gasteiger partial charge on any atom is 0.159 e. The van der Waals surface area contributed by atoms with Crippen molar-refractivity contribution in [1.82, 2.24) is 4.57 Å². The van der Waals surface area contributed by atoms with Crippen molar-refractivity contribution in [1.29, 1.82) is 0 Å². The molecule has 53 heavy (non-hydrogen) atoms. The van der Waals surface area contributed by atoms with E-state index in [0.29, 0.717) is 0 Å². The minimum atomic E-state index is 0.872. The molecule has 246 valence electrons. The van der Waals surface area contributed by atoms with Crippen molar-refractivity contribution in [2.75, 3.05) is 4.90 Å². The lowest BCUT2D eigenvalue weighted by Crippen LogP contribution is -2.10. The second-order valence-electron chi connectivity index (χ2n) is 14.1. The van der Waals surface area contributed by atoms with Crippen LogP contribution < -0.4 is 4.90 Å². The molecule has 3 nitrogen and oxygen atoms in total. The zero-order valence-corrected chi connectivity index (χ0v) is 28.6. The van der Waals surface area contributed by atoms with Gasteiger partial charge in [0.05, 0.1) is 16.7 Å². The summed E-state index contributed by atoms with van der Waals surface area (Å²) in [6, 6.07) is 66.0. The molecule has 0 saturated carbocycles. The number of hydrogen-bond acceptors (Lipinski definition) is 2. The van der Waals surface area contributed by atoms with E-state index in [1.165, 1.54) is 65.6 Å². The Bertz CT molecular complexity index is 3290. The van der Waals surface area contributed by atoms with Gasteiger partial charge in [0.25, 0.3) is 0 Å². The largest absolute Gasteiger partial charge is 0.454 e. The molecule has 11 aromatic rings. The molecular weight excluding hydrogens is 645 g/mol. The van der Waals surface area contributed by atoms with E-state index >= 15 is 0 Å². The fourth-order valence-electron chi connectivity index (χ4n) is 9.03. The van der Waals surface area contributed by atoms with E-state index in [1.807, 2.05) is 6.07 Å². The molecule has 12 rings (SSSR count). The number of para-hydroxylation sites is 4. The van der Waals surface area contributed by atoms with Crippen LogP contribution in [0.4, 0.5) is 17.1 Å². The van der Waals surface area contributed by atoms with Gasteiger partial charge in [0, 0.05) is 38.6 Å². The average molecular weight is 675 g/mol. The van der Waals surface area contributed by atoms with Crippen LogP contribution in [0.25, 0.3) is 93.2 Å². The van der Waals surface area contributed by atoms with Crippen LogP contribution in [0.3, 0.4) is 0 Å². The standard InChI is InChI=1S/C50H30N2O/c1-2-14-33(15-3-1)52-44-21-8-6-17-38(44)42-29-35(25-27-45(42)52)51(46-22-11-20-41-39-18-7-9-23-47(39)53-50(41)46)34-24-26-37-40-19-10-13-32-28-31-12-4-5-16-36(31)49(48(32)40)43(37)30-34/h1-30H. The summed E-state index contributed by atoms with van der Waals surface area (Å²) in [5.41, 5.74) is 13.6. The Hall–Kier alpha value is -7.10. The van der Waals surface area contributed by atoms with Crippen LogP contribution in [0.1, 0.15) is 0 Å². The van der Waals surface area contributed by atoms with Crippen LogP contribution in [-0.4, -0.2) is 4.57 Å². The molecule has 0 unspecified atom stereocenters. The van der Waals surface area contributed by atoms with E-state index in [-0.39, 0.29) is 0 Å². The molecule has 1 aliphatic rings. The number of nitrogens with zero attached hydrogens (tertiary/aromatic N) is 2. The maximum atomic E-state index is 6.73. The fraction of sp³-hybridized carbons (Fsp3) is 0. The molecular formula is C50H30N2O. The molecule has 1 aliphatic carbocycles. The normalized spacial score (nSPS) is 12.2. The molecule has 0 aliphatic heterocycles. The lowest BCUT2D eigenvalue weighted by atomic mass is 9.95. The summed E-state index contributed by atoms with van der Waals surface area (Å²) >= 11 is 0. The molecule has 0 amide bonds. The van der Waals surface area contributed by atoms with Gasteiger partial charge in [-0.25, -0.2) is 0 Å². The van der Waals surface area contributed by atoms with Crippen molar-refractivity contribution in [3.8, 4) is 27.9 Å². The van der Waals surface area contributed by atoms with Gasteiger partial charge in [-0.2, -0.15) is 0 Å². The Morgan fingerprint density at radius 2 is 1.11 bits per heavy atom. The van der Waals surface area contributed by atoms with E-state index < -0.39 is 0 Å². The first kappa shape index (κ1) is 28.6. The highest BCUT2D eigenvalue weighted by Crippen LogP contribution is 2.53. The quantitative estimate of drug-likeness (QED) is 0.173. The fourth-order valence-corrected chi connectivity index (χ4v) is 9.03. The summed E-state index contributed by atoms with van der Waals surface area (Å²) in [6.07, 6.45) is 0. The zero-order valence-electron chi connectivity index (χ0n) is 28.6. The smallest absolute Gasteiger partial charge is 0.159 e. The van der Waals surface area contributed by atoms with Gasteiger partial charge in [0.1, 0.15) is 5.58 Å². The zero-order chi connectivity index (χ0) is 34.6. The van der Waals surface area contributed by atoms with Crippen LogP contribution in [0.15, 0.2) is 186 Å². The van der Waals surface area contributed by atoms with Crippen LogP contribution in [-0.2, 0) is 0 Å². The molecule has 0 bridgehead atoms. The summed E-state index contributed by atoms with van der Waals surface area (Å²) in [6.45, 7) is 0. The van der Waals surface area contributed by atoms with Gasteiger partial charge in [0.2, 0.25) is 0 Å². The van der Waals surface area contributed by atoms with Crippen LogP contribution in [0, 0.1) is 0 Å². The molecule has 2 heterocycles. The Morgan fingerprint density at radius 3 is 2.04 bits per heavy atom. The van der Waals surface area contributed by atoms with Crippen molar-refractivity contribution < 1.29 is 4.42 Å². The number of hydrogen-bond donors (Lipinski definition) is 0. The summed E-state index contributed by atoms with van der Waals surface area (Å²) in [5.74, 6) is 0. The highest BCUT2D eigenvalue weighted by molar-refractivity contribution is 6.24. The molecule has 3 heteroatoms. The second-order valence-corrected chi connectivity index (χ2v) is 14.1. The highest BCUT2D eigenvalue weighted by atomic mass is 16.3. The topological polar surface area (TPSA) is 21.3 Å². The third kappa shape index (κ3) is 3.99. The minimum absolute atomic E-state index is 0.872. The number of aromatic nitrogens is 1. The van der Waals surface area contributed by atoms with Crippen molar-refractivity contribution in [3.63, 3.8) is 0 Å². The van der Waals surface area contributed by atoms with Gasteiger partial charge in [-0.1, -0.05) is 115 Å². The number of anilines is 3. The summed E-state index contributed by atoms with van der Waals surface area (Å²) in [5, 5.41) is 9.80. The molecule has 0 radical (unpaired) electrons. The average Bonchev–Trinajstić information content (AvgIpc) is 3.87. The molecule has 0 spiro atoms. The van der Waals surface area contributed by atoms with Crippen molar-refractivity contribution in [2.45, 2.75) is 0 Å². The molecule has 0 N–H and O–H groups in total. The molecule has 2 aromatic heterocycles. The van der Waals surface area contributed by atoms with E-state index in [9.17, 15) is 0 Å². The maximum absolute atomic E-state index is 6.73. The summed E-state index contributed by atoms with van der Waals surface area (Å²) in [7, 11) is 0. The summed E-state index contributed by atoms with van der Waals surface area (Å²) in [4.78, 5) is 2.39. The van der Waals surface area contributed by atoms with Gasteiger partial charge < -0.3 is 13.9 Å². The molecule has 0 atom stereocenters. The third-order valence-electron chi connectivity index (χ3n) is 11.3. The Morgan fingerprint density at radius 1 is 0.415 bits per heavy atom.